The van der Waals surface area contributed by atoms with Gasteiger partial charge in [0, 0.05) is 35.2 Å². The third-order valence-electron chi connectivity index (χ3n) is 6.33. The number of hydrogen-bond acceptors (Lipinski definition) is 6. The van der Waals surface area contributed by atoms with Crippen LogP contribution in [0.3, 0.4) is 0 Å². The van der Waals surface area contributed by atoms with Gasteiger partial charge in [-0.3, -0.25) is 9.59 Å². The molecule has 0 aliphatic heterocycles. The number of nitrogens with zero attached hydrogens (tertiary/aromatic N) is 2. The van der Waals surface area contributed by atoms with Crippen LogP contribution in [-0.2, 0) is 4.79 Å². The van der Waals surface area contributed by atoms with E-state index in [1.807, 2.05) is 78.9 Å². The number of para-hydroxylation sites is 1. The summed E-state index contributed by atoms with van der Waals surface area (Å²) in [5, 5.41) is 8.97. The van der Waals surface area contributed by atoms with Gasteiger partial charge in [-0.15, -0.1) is 0 Å². The van der Waals surface area contributed by atoms with Crippen LogP contribution >= 0.6 is 0 Å². The Labute approximate surface area is 220 Å². The monoisotopic (exact) mass is 505 g/mol. The molecule has 2 atom stereocenters. The smallest absolute Gasteiger partial charge is 0.259 e. The molecule has 2 amide bonds. The SMILES string of the molecule is C=CC(=O)Nc1cccc(C2CC2c2nc(Nc3cccc(OC)c3)ncc2C(=O)Nc2ccccc2)c1. The molecule has 190 valence electrons. The van der Waals surface area contributed by atoms with Crippen LogP contribution in [0.2, 0.25) is 0 Å². The minimum Gasteiger partial charge on any atom is -0.497 e. The first-order valence-corrected chi connectivity index (χ1v) is 12.2. The first-order valence-electron chi connectivity index (χ1n) is 12.2. The molecule has 0 radical (unpaired) electrons. The van der Waals surface area contributed by atoms with Crippen molar-refractivity contribution in [3.05, 3.63) is 115 Å². The Hall–Kier alpha value is -4.98. The topological polar surface area (TPSA) is 105 Å². The van der Waals surface area contributed by atoms with Crippen LogP contribution in [0.15, 0.2) is 97.7 Å². The van der Waals surface area contributed by atoms with Gasteiger partial charge in [0.1, 0.15) is 5.75 Å². The Balaban J connectivity index is 1.44. The summed E-state index contributed by atoms with van der Waals surface area (Å²) in [6.45, 7) is 3.51. The molecule has 38 heavy (non-hydrogen) atoms. The molecular formula is C30H27N5O3. The van der Waals surface area contributed by atoms with Crippen molar-refractivity contribution in [3.63, 3.8) is 0 Å². The molecule has 8 nitrogen and oxygen atoms in total. The minimum absolute atomic E-state index is 0.0192. The maximum atomic E-state index is 13.3. The Kier molecular flexibility index (Phi) is 7.13. The fourth-order valence-corrected chi connectivity index (χ4v) is 4.37. The molecule has 1 aliphatic rings. The van der Waals surface area contributed by atoms with E-state index in [-0.39, 0.29) is 23.7 Å². The van der Waals surface area contributed by atoms with Crippen LogP contribution < -0.4 is 20.7 Å². The van der Waals surface area contributed by atoms with Crippen molar-refractivity contribution in [2.24, 2.45) is 0 Å². The summed E-state index contributed by atoms with van der Waals surface area (Å²) < 4.78 is 5.31. The van der Waals surface area contributed by atoms with E-state index in [0.29, 0.717) is 34.3 Å². The zero-order valence-electron chi connectivity index (χ0n) is 20.8. The summed E-state index contributed by atoms with van der Waals surface area (Å²) >= 11 is 0. The molecule has 1 heterocycles. The molecule has 2 unspecified atom stereocenters. The van der Waals surface area contributed by atoms with Crippen LogP contribution in [0.1, 0.15) is 39.9 Å². The predicted molar refractivity (Wildman–Crippen MR) is 148 cm³/mol. The van der Waals surface area contributed by atoms with Crippen molar-refractivity contribution in [2.45, 2.75) is 18.3 Å². The fraction of sp³-hybridized carbons (Fsp3) is 0.133. The average molecular weight is 506 g/mol. The summed E-state index contributed by atoms with van der Waals surface area (Å²) in [6, 6.07) is 24.5. The molecule has 1 aliphatic carbocycles. The van der Waals surface area contributed by atoms with Crippen molar-refractivity contribution in [3.8, 4) is 5.75 Å². The van der Waals surface area contributed by atoms with Gasteiger partial charge in [-0.05, 0) is 60.4 Å². The summed E-state index contributed by atoms with van der Waals surface area (Å²) in [5.74, 6) is 0.737. The number of rotatable bonds is 9. The lowest BCUT2D eigenvalue weighted by Crippen LogP contribution is -2.16. The van der Waals surface area contributed by atoms with E-state index in [4.69, 9.17) is 9.72 Å². The Morgan fingerprint density at radius 1 is 0.921 bits per heavy atom. The van der Waals surface area contributed by atoms with E-state index in [9.17, 15) is 9.59 Å². The Morgan fingerprint density at radius 3 is 2.47 bits per heavy atom. The number of carbonyl (C=O) groups excluding carboxylic acids is 2. The summed E-state index contributed by atoms with van der Waals surface area (Å²) in [6.07, 6.45) is 3.63. The molecule has 3 N–H and O–H groups in total. The predicted octanol–water partition coefficient (Wildman–Crippen LogP) is 5.88. The highest BCUT2D eigenvalue weighted by atomic mass is 16.5. The van der Waals surface area contributed by atoms with Gasteiger partial charge in [0.2, 0.25) is 11.9 Å². The van der Waals surface area contributed by atoms with E-state index in [2.05, 4.69) is 27.5 Å². The van der Waals surface area contributed by atoms with E-state index in [1.54, 1.807) is 13.3 Å². The summed E-state index contributed by atoms with van der Waals surface area (Å²) in [4.78, 5) is 34.3. The van der Waals surface area contributed by atoms with Crippen molar-refractivity contribution >= 4 is 34.8 Å². The van der Waals surface area contributed by atoms with Gasteiger partial charge in [-0.25, -0.2) is 9.97 Å². The van der Waals surface area contributed by atoms with Crippen molar-refractivity contribution < 1.29 is 14.3 Å². The molecular weight excluding hydrogens is 478 g/mol. The van der Waals surface area contributed by atoms with Gasteiger partial charge < -0.3 is 20.7 Å². The lowest BCUT2D eigenvalue weighted by atomic mass is 10.0. The number of anilines is 4. The Morgan fingerprint density at radius 2 is 1.68 bits per heavy atom. The van der Waals surface area contributed by atoms with Gasteiger partial charge in [0.05, 0.1) is 18.4 Å². The van der Waals surface area contributed by atoms with E-state index < -0.39 is 0 Å². The van der Waals surface area contributed by atoms with Crippen LogP contribution in [0.5, 0.6) is 5.75 Å². The fourth-order valence-electron chi connectivity index (χ4n) is 4.37. The van der Waals surface area contributed by atoms with Crippen LogP contribution in [0, 0.1) is 0 Å². The quantitative estimate of drug-likeness (QED) is 0.246. The molecule has 0 spiro atoms. The maximum Gasteiger partial charge on any atom is 0.259 e. The molecule has 8 heteroatoms. The summed E-state index contributed by atoms with van der Waals surface area (Å²) in [7, 11) is 1.61. The maximum absolute atomic E-state index is 13.3. The van der Waals surface area contributed by atoms with Gasteiger partial charge in [-0.1, -0.05) is 43.0 Å². The minimum atomic E-state index is -0.267. The molecule has 4 aromatic rings. The highest BCUT2D eigenvalue weighted by molar-refractivity contribution is 6.05. The number of hydrogen-bond donors (Lipinski definition) is 3. The molecule has 1 fully saturated rings. The zero-order chi connectivity index (χ0) is 26.5. The van der Waals surface area contributed by atoms with E-state index in [0.717, 1.165) is 17.7 Å². The third-order valence-corrected chi connectivity index (χ3v) is 6.33. The van der Waals surface area contributed by atoms with Crippen LogP contribution in [0.4, 0.5) is 23.0 Å². The first-order chi connectivity index (χ1) is 18.5. The number of carbonyl (C=O) groups is 2. The molecule has 0 saturated heterocycles. The molecule has 5 rings (SSSR count). The number of amides is 2. The van der Waals surface area contributed by atoms with Crippen LogP contribution in [0.25, 0.3) is 0 Å². The number of methoxy groups -OCH3 is 1. The second-order valence-electron chi connectivity index (χ2n) is 8.94. The second-order valence-corrected chi connectivity index (χ2v) is 8.94. The lowest BCUT2D eigenvalue weighted by Gasteiger charge is -2.13. The van der Waals surface area contributed by atoms with Gasteiger partial charge in [-0.2, -0.15) is 0 Å². The standard InChI is InChI=1S/C30H27N5O3/c1-3-27(36)32-21-12-7-9-19(15-21)24-17-25(24)28-26(29(37)33-20-10-5-4-6-11-20)18-31-30(35-28)34-22-13-8-14-23(16-22)38-2/h3-16,18,24-25H,1,17H2,2H3,(H,32,36)(H,33,37)(H,31,34,35). The summed E-state index contributed by atoms with van der Waals surface area (Å²) in [5.41, 5.74) is 4.32. The average Bonchev–Trinajstić information content (AvgIpc) is 3.75. The zero-order valence-corrected chi connectivity index (χ0v) is 20.8. The second kappa shape index (κ2) is 11.0. The van der Waals surface area contributed by atoms with Gasteiger partial charge in [0.15, 0.2) is 0 Å². The normalized spacial score (nSPS) is 15.7. The highest BCUT2D eigenvalue weighted by Gasteiger charge is 2.43. The third kappa shape index (κ3) is 5.70. The molecule has 1 saturated carbocycles. The van der Waals surface area contributed by atoms with Gasteiger partial charge >= 0.3 is 0 Å². The first kappa shape index (κ1) is 24.7. The Bertz CT molecular complexity index is 1490. The largest absolute Gasteiger partial charge is 0.497 e. The van der Waals surface area contributed by atoms with Crippen molar-refractivity contribution in [1.29, 1.82) is 0 Å². The molecule has 1 aromatic heterocycles. The number of nitrogens with one attached hydrogen (secondary N) is 3. The molecule has 0 bridgehead atoms. The number of aromatic nitrogens is 2. The van der Waals surface area contributed by atoms with E-state index in [1.165, 1.54) is 6.08 Å². The van der Waals surface area contributed by atoms with Crippen LogP contribution in [-0.4, -0.2) is 28.9 Å². The molecule has 3 aromatic carbocycles. The van der Waals surface area contributed by atoms with E-state index >= 15 is 0 Å². The van der Waals surface area contributed by atoms with Crippen molar-refractivity contribution in [1.82, 2.24) is 9.97 Å². The number of benzene rings is 3. The lowest BCUT2D eigenvalue weighted by molar-refractivity contribution is -0.111. The number of ether oxygens (including phenoxy) is 1. The highest BCUT2D eigenvalue weighted by Crippen LogP contribution is 2.55. The van der Waals surface area contributed by atoms with Crippen molar-refractivity contribution in [2.75, 3.05) is 23.1 Å². The van der Waals surface area contributed by atoms with Gasteiger partial charge in [0.25, 0.3) is 5.91 Å².